The number of halogens is 1. The molecule has 152 valence electrons. The largest absolute Gasteiger partial charge is 0.497 e. The Morgan fingerprint density at radius 2 is 1.54 bits per heavy atom. The number of ether oxygens (including phenoxy) is 3. The summed E-state index contributed by atoms with van der Waals surface area (Å²) in [7, 11) is 3.32. The van der Waals surface area contributed by atoms with E-state index < -0.39 is 0 Å². The number of nitrogens with two attached hydrogens (primary N) is 1. The number of anilines is 1. The maximum absolute atomic E-state index is 6.13. The predicted octanol–water partition coefficient (Wildman–Crippen LogP) is 3.80. The zero-order chi connectivity index (χ0) is 19.1. The quantitative estimate of drug-likeness (QED) is 0.361. The van der Waals surface area contributed by atoms with E-state index in [1.807, 2.05) is 36.4 Å². The van der Waals surface area contributed by atoms with Crippen molar-refractivity contribution in [1.82, 2.24) is 0 Å². The van der Waals surface area contributed by atoms with Gasteiger partial charge < -0.3 is 25.3 Å². The Morgan fingerprint density at radius 3 is 2.07 bits per heavy atom. The molecule has 0 atom stereocenters. The van der Waals surface area contributed by atoms with E-state index in [0.717, 1.165) is 43.2 Å². The first-order valence-corrected chi connectivity index (χ1v) is 9.08. The Balaban J connectivity index is 0.00000280. The zero-order valence-electron chi connectivity index (χ0n) is 16.3. The Hall–Kier alpha value is -2.00. The Labute approximate surface area is 183 Å². The summed E-state index contributed by atoms with van der Waals surface area (Å²) < 4.78 is 16.0. The van der Waals surface area contributed by atoms with Gasteiger partial charge in [0.25, 0.3) is 0 Å². The molecule has 3 N–H and O–H groups in total. The van der Waals surface area contributed by atoms with E-state index in [2.05, 4.69) is 22.4 Å². The summed E-state index contributed by atoms with van der Waals surface area (Å²) >= 11 is 0. The van der Waals surface area contributed by atoms with Gasteiger partial charge in [0, 0.05) is 24.3 Å². The molecule has 2 aromatic carbocycles. The van der Waals surface area contributed by atoms with E-state index >= 15 is 0 Å². The summed E-state index contributed by atoms with van der Waals surface area (Å²) in [6.07, 6.45) is 1.83. The molecule has 3 rings (SSSR count). The highest BCUT2D eigenvalue weighted by molar-refractivity contribution is 14.0. The molecule has 0 saturated carbocycles. The van der Waals surface area contributed by atoms with Crippen LogP contribution >= 0.6 is 24.0 Å². The van der Waals surface area contributed by atoms with Crippen molar-refractivity contribution in [1.29, 1.82) is 0 Å². The van der Waals surface area contributed by atoms with E-state index in [1.54, 1.807) is 14.2 Å². The highest BCUT2D eigenvalue weighted by Crippen LogP contribution is 2.36. The van der Waals surface area contributed by atoms with Crippen molar-refractivity contribution in [2.45, 2.75) is 18.3 Å². The maximum atomic E-state index is 6.13. The lowest BCUT2D eigenvalue weighted by atomic mass is 9.74. The molecule has 0 bridgehead atoms. The van der Waals surface area contributed by atoms with Crippen molar-refractivity contribution in [3.63, 3.8) is 0 Å². The van der Waals surface area contributed by atoms with E-state index in [4.69, 9.17) is 19.9 Å². The van der Waals surface area contributed by atoms with Crippen LogP contribution < -0.4 is 20.5 Å². The number of aliphatic imine (C=N–C) groups is 1. The van der Waals surface area contributed by atoms with Gasteiger partial charge in [0.05, 0.1) is 20.8 Å². The number of benzene rings is 2. The molecule has 1 aliphatic heterocycles. The van der Waals surface area contributed by atoms with Crippen LogP contribution in [0.2, 0.25) is 0 Å². The normalized spacial score (nSPS) is 16.0. The molecule has 0 aliphatic carbocycles. The number of hydrogen-bond acceptors (Lipinski definition) is 4. The number of hydrogen-bond donors (Lipinski definition) is 2. The first-order chi connectivity index (χ1) is 13.1. The fourth-order valence-corrected chi connectivity index (χ4v) is 3.34. The number of guanidine groups is 1. The molecule has 6 nitrogen and oxygen atoms in total. The van der Waals surface area contributed by atoms with E-state index in [9.17, 15) is 0 Å². The second-order valence-corrected chi connectivity index (χ2v) is 6.68. The number of rotatable bonds is 6. The molecule has 7 heteroatoms. The molecule has 28 heavy (non-hydrogen) atoms. The third-order valence-electron chi connectivity index (χ3n) is 5.07. The van der Waals surface area contributed by atoms with E-state index in [-0.39, 0.29) is 29.4 Å². The van der Waals surface area contributed by atoms with Gasteiger partial charge in [-0.15, -0.1) is 24.0 Å². The standard InChI is InChI=1S/C21H27N3O3.HI/c1-25-18-7-3-16(4-8-18)21(11-13-27-14-12-21)15-23-20(22)24-17-5-9-19(26-2)10-6-17;/h3-10H,11-15H2,1-2H3,(H3,22,23,24);1H. The second kappa shape index (κ2) is 10.5. The van der Waals surface area contributed by atoms with Crippen molar-refractivity contribution in [2.24, 2.45) is 10.7 Å². The lowest BCUT2D eigenvalue weighted by molar-refractivity contribution is 0.0531. The summed E-state index contributed by atoms with van der Waals surface area (Å²) in [5.41, 5.74) is 8.18. The zero-order valence-corrected chi connectivity index (χ0v) is 18.6. The minimum absolute atomic E-state index is 0. The molecule has 1 fully saturated rings. The average molecular weight is 497 g/mol. The van der Waals surface area contributed by atoms with E-state index in [0.29, 0.717) is 12.5 Å². The number of nitrogens with one attached hydrogen (secondary N) is 1. The predicted molar refractivity (Wildman–Crippen MR) is 123 cm³/mol. The van der Waals surface area contributed by atoms with Gasteiger partial charge >= 0.3 is 0 Å². The topological polar surface area (TPSA) is 78.1 Å². The summed E-state index contributed by atoms with van der Waals surface area (Å²) in [5, 5.41) is 3.14. The van der Waals surface area contributed by atoms with E-state index in [1.165, 1.54) is 5.56 Å². The molecule has 0 aromatic heterocycles. The van der Waals surface area contributed by atoms with Crippen LogP contribution in [0.15, 0.2) is 53.5 Å². The van der Waals surface area contributed by atoms with Crippen LogP contribution in [0.1, 0.15) is 18.4 Å². The van der Waals surface area contributed by atoms with Crippen LogP contribution in [0.25, 0.3) is 0 Å². The average Bonchev–Trinajstić information content (AvgIpc) is 2.73. The Morgan fingerprint density at radius 1 is 1.00 bits per heavy atom. The molecule has 0 unspecified atom stereocenters. The molecule has 1 saturated heterocycles. The van der Waals surface area contributed by atoms with Crippen molar-refractivity contribution in [3.8, 4) is 11.5 Å². The minimum atomic E-state index is -0.0727. The SMILES string of the molecule is COc1ccc(NC(N)=NCC2(c3ccc(OC)cc3)CCOCC2)cc1.I. The van der Waals surface area contributed by atoms with Crippen LogP contribution in [0, 0.1) is 0 Å². The second-order valence-electron chi connectivity index (χ2n) is 6.68. The van der Waals surface area contributed by atoms with Gasteiger partial charge in [-0.2, -0.15) is 0 Å². The molecule has 1 aliphatic rings. The Kier molecular flexibility index (Phi) is 8.37. The molecule has 2 aromatic rings. The minimum Gasteiger partial charge on any atom is -0.497 e. The Bertz CT molecular complexity index is 757. The maximum Gasteiger partial charge on any atom is 0.193 e. The third kappa shape index (κ3) is 5.51. The van der Waals surface area contributed by atoms with Gasteiger partial charge in [0.1, 0.15) is 11.5 Å². The summed E-state index contributed by atoms with van der Waals surface area (Å²) in [4.78, 5) is 4.64. The molecule has 1 heterocycles. The van der Waals surface area contributed by atoms with Crippen molar-refractivity contribution >= 4 is 35.6 Å². The lowest BCUT2D eigenvalue weighted by Crippen LogP contribution is -2.38. The molecular weight excluding hydrogens is 469 g/mol. The third-order valence-corrected chi connectivity index (χ3v) is 5.07. The number of nitrogens with zero attached hydrogens (tertiary/aromatic N) is 1. The van der Waals surface area contributed by atoms with Gasteiger partial charge in [-0.3, -0.25) is 4.99 Å². The van der Waals surface area contributed by atoms with Crippen LogP contribution in [-0.4, -0.2) is 39.9 Å². The lowest BCUT2D eigenvalue weighted by Gasteiger charge is -2.36. The summed E-state index contributed by atoms with van der Waals surface area (Å²) in [6, 6.07) is 15.8. The number of methoxy groups -OCH3 is 2. The van der Waals surface area contributed by atoms with Crippen LogP contribution in [0.4, 0.5) is 5.69 Å². The first-order valence-electron chi connectivity index (χ1n) is 9.08. The first kappa shape index (κ1) is 22.3. The monoisotopic (exact) mass is 497 g/mol. The molecule has 0 amide bonds. The van der Waals surface area contributed by atoms with Gasteiger partial charge in [-0.25, -0.2) is 0 Å². The molecule has 0 radical (unpaired) electrons. The highest BCUT2D eigenvalue weighted by atomic mass is 127. The fraction of sp³-hybridized carbons (Fsp3) is 0.381. The van der Waals surface area contributed by atoms with Gasteiger partial charge in [0.2, 0.25) is 0 Å². The summed E-state index contributed by atoms with van der Waals surface area (Å²) in [6.45, 7) is 2.07. The smallest absolute Gasteiger partial charge is 0.193 e. The van der Waals surface area contributed by atoms with Crippen LogP contribution in [0.5, 0.6) is 11.5 Å². The highest BCUT2D eigenvalue weighted by Gasteiger charge is 2.34. The van der Waals surface area contributed by atoms with Crippen molar-refractivity contribution in [2.75, 3.05) is 39.3 Å². The van der Waals surface area contributed by atoms with Gasteiger partial charge in [0.15, 0.2) is 5.96 Å². The van der Waals surface area contributed by atoms with Crippen molar-refractivity contribution in [3.05, 3.63) is 54.1 Å². The van der Waals surface area contributed by atoms with Crippen molar-refractivity contribution < 1.29 is 14.2 Å². The van der Waals surface area contributed by atoms with Gasteiger partial charge in [-0.1, -0.05) is 12.1 Å². The molecular formula is C21H28IN3O3. The van der Waals surface area contributed by atoms with Gasteiger partial charge in [-0.05, 0) is 54.8 Å². The fourth-order valence-electron chi connectivity index (χ4n) is 3.34. The summed E-state index contributed by atoms with van der Waals surface area (Å²) in [5.74, 6) is 2.06. The van der Waals surface area contributed by atoms with Crippen LogP contribution in [-0.2, 0) is 10.2 Å². The molecule has 0 spiro atoms. The van der Waals surface area contributed by atoms with Crippen LogP contribution in [0.3, 0.4) is 0 Å².